The zero-order chi connectivity index (χ0) is 15.7. The van der Waals surface area contributed by atoms with Crippen LogP contribution in [0.1, 0.15) is 6.92 Å². The van der Waals surface area contributed by atoms with Crippen molar-refractivity contribution in [2.75, 3.05) is 4.90 Å². The van der Waals surface area contributed by atoms with Crippen LogP contribution in [0.25, 0.3) is 0 Å². The number of hydrogen-bond acceptors (Lipinski definition) is 2. The van der Waals surface area contributed by atoms with E-state index in [0.29, 0.717) is 0 Å². The molecule has 0 saturated heterocycles. The molecule has 0 unspecified atom stereocenters. The molecule has 6 heteroatoms. The number of anilines is 2. The Morgan fingerprint density at radius 2 is 1.38 bits per heavy atom. The average Bonchev–Trinajstić information content (AvgIpc) is 2.49. The number of carboxylic acid groups (broad SMARTS) is 1. The second-order valence-electron chi connectivity index (χ2n) is 3.97. The third-order valence-corrected chi connectivity index (χ3v) is 2.52. The summed E-state index contributed by atoms with van der Waals surface area (Å²) in [6.07, 6.45) is 0. The quantitative estimate of drug-likeness (QED) is 0.658. The Morgan fingerprint density at radius 3 is 1.67 bits per heavy atom. The van der Waals surface area contributed by atoms with Crippen LogP contribution in [0.4, 0.5) is 11.4 Å². The van der Waals surface area contributed by atoms with Gasteiger partial charge in [0.2, 0.25) is 5.96 Å². The molecule has 0 aromatic heterocycles. The molecule has 2 aromatic carbocycles. The highest BCUT2D eigenvalue weighted by Gasteiger charge is 2.12. The standard InChI is InChI=1S/C13H12ClN3.C2H4O2/c14-16-13(15)17(11-7-3-1-4-8-11)12-9-5-2-6-10-12;1-2(3)4/h1-10H,(H2,15,16);1H3,(H,3,4). The molecule has 2 aromatic rings. The summed E-state index contributed by atoms with van der Waals surface area (Å²) in [5, 5.41) is 7.42. The smallest absolute Gasteiger partial charge is 0.300 e. The summed E-state index contributed by atoms with van der Waals surface area (Å²) in [5.74, 6) is -0.593. The fourth-order valence-electron chi connectivity index (χ4n) is 1.61. The maximum Gasteiger partial charge on any atom is 0.300 e. The van der Waals surface area contributed by atoms with E-state index in [2.05, 4.69) is 4.51 Å². The zero-order valence-electron chi connectivity index (χ0n) is 11.5. The highest BCUT2D eigenvalue weighted by molar-refractivity contribution is 6.22. The van der Waals surface area contributed by atoms with Gasteiger partial charge in [-0.05, 0) is 24.3 Å². The van der Waals surface area contributed by atoms with Crippen molar-refractivity contribution in [3.63, 3.8) is 0 Å². The van der Waals surface area contributed by atoms with E-state index in [1.165, 1.54) is 0 Å². The Morgan fingerprint density at radius 1 is 1.05 bits per heavy atom. The topological polar surface area (TPSA) is 78.9 Å². The number of para-hydroxylation sites is 2. The van der Waals surface area contributed by atoms with Crippen molar-refractivity contribution < 1.29 is 9.90 Å². The second kappa shape index (κ2) is 8.60. The fourth-order valence-corrected chi connectivity index (χ4v) is 1.68. The Balaban J connectivity index is 0.000000491. The molecule has 0 atom stereocenters. The first-order chi connectivity index (χ1) is 10.1. The van der Waals surface area contributed by atoms with Crippen LogP contribution in [0.3, 0.4) is 0 Å². The predicted molar refractivity (Wildman–Crippen MR) is 85.8 cm³/mol. The van der Waals surface area contributed by atoms with Gasteiger partial charge >= 0.3 is 0 Å². The molecule has 0 bridgehead atoms. The fraction of sp³-hybridized carbons (Fsp3) is 0.0667. The molecule has 0 spiro atoms. The monoisotopic (exact) mass is 305 g/mol. The lowest BCUT2D eigenvalue weighted by atomic mass is 10.2. The molecule has 0 aliphatic rings. The minimum atomic E-state index is -0.833. The lowest BCUT2D eigenvalue weighted by Crippen LogP contribution is -2.32. The average molecular weight is 306 g/mol. The van der Waals surface area contributed by atoms with Crippen molar-refractivity contribution >= 4 is 35.1 Å². The summed E-state index contributed by atoms with van der Waals surface area (Å²) < 4.78 is 3.53. The van der Waals surface area contributed by atoms with Crippen LogP contribution in [-0.4, -0.2) is 17.0 Å². The first kappa shape index (κ1) is 16.5. The van der Waals surface area contributed by atoms with Crippen molar-refractivity contribution in [3.05, 3.63) is 60.7 Å². The van der Waals surface area contributed by atoms with Crippen LogP contribution in [0.15, 0.2) is 65.2 Å². The van der Waals surface area contributed by atoms with Gasteiger partial charge in [0.05, 0.1) is 0 Å². The largest absolute Gasteiger partial charge is 0.481 e. The number of nitrogens with two attached hydrogens (primary N) is 1. The molecule has 21 heavy (non-hydrogen) atoms. The van der Waals surface area contributed by atoms with E-state index in [1.54, 1.807) is 4.90 Å². The van der Waals surface area contributed by atoms with Gasteiger partial charge < -0.3 is 10.8 Å². The van der Waals surface area contributed by atoms with E-state index in [9.17, 15) is 0 Å². The second-order valence-corrected chi connectivity index (χ2v) is 4.14. The van der Waals surface area contributed by atoms with E-state index in [0.717, 1.165) is 18.3 Å². The maximum absolute atomic E-state index is 9.00. The van der Waals surface area contributed by atoms with Gasteiger partial charge in [0, 0.05) is 30.1 Å². The number of halogens is 1. The minimum absolute atomic E-state index is 0.240. The molecule has 5 nitrogen and oxygen atoms in total. The first-order valence-electron chi connectivity index (χ1n) is 6.10. The van der Waals surface area contributed by atoms with Gasteiger partial charge in [-0.3, -0.25) is 9.69 Å². The maximum atomic E-state index is 9.00. The van der Waals surface area contributed by atoms with Crippen LogP contribution in [0, 0.1) is 0 Å². The van der Waals surface area contributed by atoms with Crippen molar-refractivity contribution in [1.82, 2.24) is 0 Å². The lowest BCUT2D eigenvalue weighted by molar-refractivity contribution is -0.134. The molecule has 0 saturated carbocycles. The minimum Gasteiger partial charge on any atom is -0.481 e. The number of hydrogen-bond donors (Lipinski definition) is 2. The van der Waals surface area contributed by atoms with Gasteiger partial charge in [0.25, 0.3) is 5.97 Å². The number of rotatable bonds is 2. The zero-order valence-corrected chi connectivity index (χ0v) is 12.2. The van der Waals surface area contributed by atoms with E-state index in [4.69, 9.17) is 27.4 Å². The normalized spacial score (nSPS) is 10.3. The van der Waals surface area contributed by atoms with Crippen molar-refractivity contribution in [1.29, 1.82) is 0 Å². The summed E-state index contributed by atoms with van der Waals surface area (Å²) in [4.78, 5) is 10.8. The molecular weight excluding hydrogens is 290 g/mol. The van der Waals surface area contributed by atoms with Crippen LogP contribution < -0.4 is 10.6 Å². The third-order valence-electron chi connectivity index (χ3n) is 2.34. The van der Waals surface area contributed by atoms with Gasteiger partial charge in [0.15, 0.2) is 0 Å². The number of carboxylic acids is 1. The van der Waals surface area contributed by atoms with Gasteiger partial charge in [-0.1, -0.05) is 36.4 Å². The van der Waals surface area contributed by atoms with Crippen molar-refractivity contribution in [2.45, 2.75) is 6.92 Å². The molecule has 0 heterocycles. The van der Waals surface area contributed by atoms with Crippen molar-refractivity contribution in [3.8, 4) is 0 Å². The summed E-state index contributed by atoms with van der Waals surface area (Å²) in [6, 6.07) is 19.4. The molecule has 3 N–H and O–H groups in total. The SMILES string of the molecule is CC(=O)O.NC(=NCl)N(c1ccccc1)c1ccccc1. The number of carbonyl (C=O) groups is 1. The molecule has 0 aliphatic carbocycles. The Hall–Kier alpha value is -2.53. The van der Waals surface area contributed by atoms with Gasteiger partial charge in [0.1, 0.15) is 0 Å². The van der Waals surface area contributed by atoms with Crippen LogP contribution >= 0.6 is 11.8 Å². The Bertz CT molecular complexity index is 545. The Labute approximate surface area is 128 Å². The van der Waals surface area contributed by atoms with E-state index >= 15 is 0 Å². The van der Waals surface area contributed by atoms with Crippen LogP contribution in [0.5, 0.6) is 0 Å². The first-order valence-corrected chi connectivity index (χ1v) is 6.44. The molecule has 0 fully saturated rings. The lowest BCUT2D eigenvalue weighted by Gasteiger charge is -2.22. The van der Waals surface area contributed by atoms with E-state index in [-0.39, 0.29) is 5.96 Å². The number of guanidine groups is 1. The molecule has 2 rings (SSSR count). The van der Waals surface area contributed by atoms with Crippen LogP contribution in [-0.2, 0) is 4.79 Å². The van der Waals surface area contributed by atoms with Gasteiger partial charge in [-0.2, -0.15) is 0 Å². The number of benzene rings is 2. The van der Waals surface area contributed by atoms with Gasteiger partial charge in [-0.15, -0.1) is 4.51 Å². The predicted octanol–water partition coefficient (Wildman–Crippen LogP) is 3.38. The number of aliphatic carboxylic acids is 1. The summed E-state index contributed by atoms with van der Waals surface area (Å²) in [7, 11) is 0. The van der Waals surface area contributed by atoms with E-state index < -0.39 is 5.97 Å². The van der Waals surface area contributed by atoms with Crippen LogP contribution in [0.2, 0.25) is 0 Å². The molecule has 0 radical (unpaired) electrons. The van der Waals surface area contributed by atoms with Crippen molar-refractivity contribution in [2.24, 2.45) is 10.2 Å². The molecule has 110 valence electrons. The molecule has 0 aliphatic heterocycles. The van der Waals surface area contributed by atoms with E-state index in [1.807, 2.05) is 60.7 Å². The summed E-state index contributed by atoms with van der Waals surface area (Å²) >= 11 is 5.47. The Kier molecular flexibility index (Phi) is 6.77. The highest BCUT2D eigenvalue weighted by atomic mass is 35.5. The molecular formula is C15H16ClN3O2. The van der Waals surface area contributed by atoms with Gasteiger partial charge in [-0.25, -0.2) is 0 Å². The molecule has 0 amide bonds. The summed E-state index contributed by atoms with van der Waals surface area (Å²) in [5.41, 5.74) is 7.66. The number of nitrogens with zero attached hydrogens (tertiary/aromatic N) is 2. The highest BCUT2D eigenvalue weighted by Crippen LogP contribution is 2.24. The summed E-state index contributed by atoms with van der Waals surface area (Å²) in [6.45, 7) is 1.08. The third kappa shape index (κ3) is 5.54.